The minimum atomic E-state index is -0.231. The first kappa shape index (κ1) is 15.2. The predicted molar refractivity (Wildman–Crippen MR) is 97.7 cm³/mol. The summed E-state index contributed by atoms with van der Waals surface area (Å²) in [5.74, 6) is 0.766. The summed E-state index contributed by atoms with van der Waals surface area (Å²) in [5, 5.41) is 14.0. The van der Waals surface area contributed by atoms with Crippen molar-refractivity contribution in [2.24, 2.45) is 0 Å². The Morgan fingerprint density at radius 1 is 1.25 bits per heavy atom. The molecule has 0 spiro atoms. The Morgan fingerprint density at radius 3 is 2.83 bits per heavy atom. The van der Waals surface area contributed by atoms with Crippen molar-refractivity contribution in [3.05, 3.63) is 69.3 Å². The van der Waals surface area contributed by atoms with Crippen molar-refractivity contribution in [1.82, 2.24) is 19.8 Å². The number of aromatic amines is 1. The molecule has 1 N–H and O–H groups in total. The largest absolute Gasteiger partial charge is 0.290 e. The summed E-state index contributed by atoms with van der Waals surface area (Å²) in [5.41, 5.74) is 3.52. The number of aryl methyl sites for hydroxylation is 1. The van der Waals surface area contributed by atoms with Gasteiger partial charge in [0, 0.05) is 5.75 Å². The summed E-state index contributed by atoms with van der Waals surface area (Å²) < 4.78 is 1.63. The minimum Gasteiger partial charge on any atom is -0.266 e. The molecule has 0 saturated heterocycles. The van der Waals surface area contributed by atoms with Crippen LogP contribution in [0.3, 0.4) is 0 Å². The molecule has 3 heterocycles. The van der Waals surface area contributed by atoms with Crippen LogP contribution >= 0.6 is 23.1 Å². The van der Waals surface area contributed by atoms with Crippen LogP contribution in [0.2, 0.25) is 0 Å². The number of H-pyrrole nitrogens is 1. The van der Waals surface area contributed by atoms with Crippen LogP contribution in [-0.2, 0) is 5.75 Å². The molecule has 0 radical (unpaired) electrons. The highest BCUT2D eigenvalue weighted by Gasteiger charge is 2.12. The zero-order chi connectivity index (χ0) is 16.5. The van der Waals surface area contributed by atoms with Crippen molar-refractivity contribution in [3.63, 3.8) is 0 Å². The molecule has 5 nitrogen and oxygen atoms in total. The van der Waals surface area contributed by atoms with Crippen molar-refractivity contribution in [2.45, 2.75) is 17.8 Å². The van der Waals surface area contributed by atoms with Crippen LogP contribution in [0.4, 0.5) is 0 Å². The third-order valence-electron chi connectivity index (χ3n) is 3.64. The average molecular weight is 354 g/mol. The number of fused-ring (bicyclic) bond motifs is 1. The molecule has 7 heteroatoms. The van der Waals surface area contributed by atoms with Gasteiger partial charge in [-0.05, 0) is 30.0 Å². The van der Waals surface area contributed by atoms with Crippen LogP contribution in [0.5, 0.6) is 0 Å². The normalized spacial score (nSPS) is 11.2. The van der Waals surface area contributed by atoms with E-state index < -0.39 is 0 Å². The Morgan fingerprint density at radius 2 is 2.08 bits per heavy atom. The van der Waals surface area contributed by atoms with Crippen molar-refractivity contribution in [2.75, 3.05) is 0 Å². The standard InChI is InChI=1S/C17H14N4OS2/c1-11-4-6-12(7-5-11)10-24-17-19-18-16(22)14-9-13(20-21(14)17)15-3-2-8-23-15/h2-9H,10H2,1H3,(H,18,22). The first-order chi connectivity index (χ1) is 11.7. The van der Waals surface area contributed by atoms with Gasteiger partial charge in [-0.2, -0.15) is 5.10 Å². The molecule has 120 valence electrons. The van der Waals surface area contributed by atoms with E-state index in [1.54, 1.807) is 27.6 Å². The lowest BCUT2D eigenvalue weighted by Gasteiger charge is -2.03. The van der Waals surface area contributed by atoms with Gasteiger partial charge in [-0.3, -0.25) is 4.79 Å². The lowest BCUT2D eigenvalue weighted by Crippen LogP contribution is -2.13. The summed E-state index contributed by atoms with van der Waals surface area (Å²) >= 11 is 3.15. The minimum absolute atomic E-state index is 0.231. The average Bonchev–Trinajstić information content (AvgIpc) is 3.25. The lowest BCUT2D eigenvalue weighted by molar-refractivity contribution is 0.728. The molecular formula is C17H14N4OS2. The van der Waals surface area contributed by atoms with Gasteiger partial charge >= 0.3 is 0 Å². The fourth-order valence-corrected chi connectivity index (χ4v) is 3.90. The van der Waals surface area contributed by atoms with Crippen LogP contribution < -0.4 is 5.56 Å². The van der Waals surface area contributed by atoms with E-state index >= 15 is 0 Å². The molecule has 0 saturated carbocycles. The maximum absolute atomic E-state index is 12.0. The fourth-order valence-electron chi connectivity index (χ4n) is 2.36. The molecule has 4 aromatic rings. The molecule has 1 aromatic carbocycles. The van der Waals surface area contributed by atoms with E-state index in [1.807, 2.05) is 23.6 Å². The Balaban J connectivity index is 1.69. The Hall–Kier alpha value is -2.38. The van der Waals surface area contributed by atoms with Gasteiger partial charge in [-0.25, -0.2) is 9.61 Å². The number of benzene rings is 1. The highest BCUT2D eigenvalue weighted by Crippen LogP contribution is 2.26. The summed E-state index contributed by atoms with van der Waals surface area (Å²) in [7, 11) is 0. The Bertz CT molecular complexity index is 1030. The van der Waals surface area contributed by atoms with Crippen LogP contribution in [0.1, 0.15) is 11.1 Å². The third kappa shape index (κ3) is 2.88. The zero-order valence-corrected chi connectivity index (χ0v) is 14.5. The summed E-state index contributed by atoms with van der Waals surface area (Å²) in [4.78, 5) is 13.1. The summed E-state index contributed by atoms with van der Waals surface area (Å²) in [6, 6.07) is 14.2. The molecule has 0 atom stereocenters. The second kappa shape index (κ2) is 6.26. The maximum atomic E-state index is 12.0. The van der Waals surface area contributed by atoms with E-state index in [1.165, 1.54) is 11.1 Å². The molecule has 0 aliphatic rings. The summed E-state index contributed by atoms with van der Waals surface area (Å²) in [6.45, 7) is 2.07. The monoisotopic (exact) mass is 354 g/mol. The van der Waals surface area contributed by atoms with E-state index in [4.69, 9.17) is 0 Å². The van der Waals surface area contributed by atoms with Crippen LogP contribution in [-0.4, -0.2) is 19.8 Å². The first-order valence-corrected chi connectivity index (χ1v) is 9.28. The molecule has 0 amide bonds. The van der Waals surface area contributed by atoms with Gasteiger partial charge in [0.15, 0.2) is 0 Å². The molecule has 4 rings (SSSR count). The molecule has 24 heavy (non-hydrogen) atoms. The van der Waals surface area contributed by atoms with Gasteiger partial charge in [-0.1, -0.05) is 47.7 Å². The molecular weight excluding hydrogens is 340 g/mol. The number of thiophene rings is 1. The molecule has 3 aromatic heterocycles. The number of hydrogen-bond acceptors (Lipinski definition) is 5. The smallest absolute Gasteiger partial charge is 0.266 e. The van der Waals surface area contributed by atoms with E-state index in [0.717, 1.165) is 16.3 Å². The molecule has 0 bridgehead atoms. The van der Waals surface area contributed by atoms with Gasteiger partial charge in [0.05, 0.1) is 4.88 Å². The third-order valence-corrected chi connectivity index (χ3v) is 5.53. The Labute approximate surface area is 146 Å². The van der Waals surface area contributed by atoms with Gasteiger partial charge in [0.2, 0.25) is 5.16 Å². The lowest BCUT2D eigenvalue weighted by atomic mass is 10.2. The SMILES string of the molecule is Cc1ccc(CSc2n[nH]c(=O)c3cc(-c4cccs4)nn23)cc1. The second-order valence-electron chi connectivity index (χ2n) is 5.41. The van der Waals surface area contributed by atoms with Crippen molar-refractivity contribution in [3.8, 4) is 10.6 Å². The number of thioether (sulfide) groups is 1. The Kier molecular flexibility index (Phi) is 3.95. The van der Waals surface area contributed by atoms with Gasteiger partial charge < -0.3 is 0 Å². The first-order valence-electron chi connectivity index (χ1n) is 7.41. The second-order valence-corrected chi connectivity index (χ2v) is 7.30. The number of rotatable bonds is 4. The van der Waals surface area contributed by atoms with Crippen molar-refractivity contribution in [1.29, 1.82) is 0 Å². The van der Waals surface area contributed by atoms with E-state index in [2.05, 4.69) is 46.5 Å². The maximum Gasteiger partial charge on any atom is 0.290 e. The molecule has 0 fully saturated rings. The summed E-state index contributed by atoms with van der Waals surface area (Å²) in [6.07, 6.45) is 0. The van der Waals surface area contributed by atoms with Crippen LogP contribution in [0.25, 0.3) is 16.1 Å². The van der Waals surface area contributed by atoms with Gasteiger partial charge in [0.25, 0.3) is 5.56 Å². The van der Waals surface area contributed by atoms with Crippen molar-refractivity contribution < 1.29 is 0 Å². The van der Waals surface area contributed by atoms with E-state index in [9.17, 15) is 4.79 Å². The van der Waals surface area contributed by atoms with Crippen LogP contribution in [0.15, 0.2) is 57.8 Å². The van der Waals surface area contributed by atoms with Gasteiger partial charge in [-0.15, -0.1) is 16.4 Å². The predicted octanol–water partition coefficient (Wildman–Crippen LogP) is 3.75. The highest BCUT2D eigenvalue weighted by molar-refractivity contribution is 7.98. The quantitative estimate of drug-likeness (QED) is 0.567. The molecule has 0 aliphatic heterocycles. The van der Waals surface area contributed by atoms with Crippen molar-refractivity contribution >= 4 is 28.6 Å². The van der Waals surface area contributed by atoms with E-state index in [0.29, 0.717) is 10.7 Å². The number of hydrogen-bond donors (Lipinski definition) is 1. The fraction of sp³-hybridized carbons (Fsp3) is 0.118. The van der Waals surface area contributed by atoms with E-state index in [-0.39, 0.29) is 5.56 Å². The molecule has 0 aliphatic carbocycles. The number of nitrogens with one attached hydrogen (secondary N) is 1. The van der Waals surface area contributed by atoms with Gasteiger partial charge in [0.1, 0.15) is 11.2 Å². The van der Waals surface area contributed by atoms with Crippen LogP contribution in [0, 0.1) is 6.92 Å². The molecule has 0 unspecified atom stereocenters. The zero-order valence-electron chi connectivity index (χ0n) is 12.9. The number of aromatic nitrogens is 4. The highest BCUT2D eigenvalue weighted by atomic mass is 32.2. The topological polar surface area (TPSA) is 63.0 Å². The number of nitrogens with zero attached hydrogens (tertiary/aromatic N) is 3.